The fraction of sp³-hybridized carbons (Fsp3) is 0.400. The summed E-state index contributed by atoms with van der Waals surface area (Å²) in [4.78, 5) is 10.1. The molecule has 1 rings (SSSR count). The van der Waals surface area contributed by atoms with Crippen LogP contribution in [-0.4, -0.2) is 26.6 Å². The van der Waals surface area contributed by atoms with Gasteiger partial charge < -0.3 is 10.2 Å². The lowest BCUT2D eigenvalue weighted by Gasteiger charge is -2.16. The van der Waals surface area contributed by atoms with Gasteiger partial charge in [-0.1, -0.05) is 22.0 Å². The maximum Gasteiger partial charge on any atom is 0.270 e. The summed E-state index contributed by atoms with van der Waals surface area (Å²) in [5.74, 6) is 0. The SMILES string of the molecule is Cc1cc(C(O)C(O)CBr)cc([N+](=O)[O-])c1. The number of nitro groups is 1. The Morgan fingerprint density at radius 3 is 2.56 bits per heavy atom. The van der Waals surface area contributed by atoms with E-state index in [9.17, 15) is 20.3 Å². The smallest absolute Gasteiger partial charge is 0.270 e. The Balaban J connectivity index is 3.09. The molecule has 6 heteroatoms. The van der Waals surface area contributed by atoms with Crippen LogP contribution in [0.1, 0.15) is 17.2 Å². The van der Waals surface area contributed by atoms with Gasteiger partial charge in [-0.2, -0.15) is 0 Å². The summed E-state index contributed by atoms with van der Waals surface area (Å²) >= 11 is 3.03. The monoisotopic (exact) mass is 289 g/mol. The lowest BCUT2D eigenvalue weighted by Crippen LogP contribution is -2.19. The highest BCUT2D eigenvalue weighted by Crippen LogP contribution is 2.24. The molecule has 16 heavy (non-hydrogen) atoms. The molecule has 0 aliphatic rings. The van der Waals surface area contributed by atoms with Crippen LogP contribution in [0.15, 0.2) is 18.2 Å². The molecule has 1 aromatic rings. The van der Waals surface area contributed by atoms with E-state index in [1.165, 1.54) is 12.1 Å². The quantitative estimate of drug-likeness (QED) is 0.502. The molecule has 0 aliphatic carbocycles. The Hall–Kier alpha value is -0.980. The molecule has 0 saturated carbocycles. The molecule has 0 bridgehead atoms. The first-order valence-corrected chi connectivity index (χ1v) is 5.76. The van der Waals surface area contributed by atoms with Crippen molar-refractivity contribution in [3.05, 3.63) is 39.4 Å². The molecule has 0 aliphatic heterocycles. The normalized spacial score (nSPS) is 14.5. The number of hydrogen-bond donors (Lipinski definition) is 2. The molecule has 1 aromatic carbocycles. The molecular formula is C10H12BrNO4. The average molecular weight is 290 g/mol. The topological polar surface area (TPSA) is 83.6 Å². The second-order valence-corrected chi connectivity index (χ2v) is 4.17. The zero-order chi connectivity index (χ0) is 12.3. The minimum Gasteiger partial charge on any atom is -0.389 e. The molecule has 0 heterocycles. The van der Waals surface area contributed by atoms with E-state index >= 15 is 0 Å². The second kappa shape index (κ2) is 5.38. The number of rotatable bonds is 4. The number of halogens is 1. The van der Waals surface area contributed by atoms with Crippen LogP contribution >= 0.6 is 15.9 Å². The minimum absolute atomic E-state index is 0.0872. The summed E-state index contributed by atoms with van der Waals surface area (Å²) in [6, 6.07) is 4.30. The number of alkyl halides is 1. The van der Waals surface area contributed by atoms with Gasteiger partial charge in [0.25, 0.3) is 5.69 Å². The summed E-state index contributed by atoms with van der Waals surface area (Å²) in [7, 11) is 0. The molecule has 0 radical (unpaired) electrons. The Morgan fingerprint density at radius 1 is 1.44 bits per heavy atom. The van der Waals surface area contributed by atoms with Crippen molar-refractivity contribution in [2.75, 3.05) is 5.33 Å². The maximum atomic E-state index is 10.6. The molecule has 0 aromatic heterocycles. The van der Waals surface area contributed by atoms with Gasteiger partial charge in [0, 0.05) is 17.5 Å². The third-order valence-corrected chi connectivity index (χ3v) is 2.82. The van der Waals surface area contributed by atoms with Crippen molar-refractivity contribution >= 4 is 21.6 Å². The van der Waals surface area contributed by atoms with Crippen molar-refractivity contribution in [1.82, 2.24) is 0 Å². The second-order valence-electron chi connectivity index (χ2n) is 3.53. The van der Waals surface area contributed by atoms with E-state index in [0.717, 1.165) is 0 Å². The van der Waals surface area contributed by atoms with Crippen molar-refractivity contribution in [1.29, 1.82) is 0 Å². The fourth-order valence-corrected chi connectivity index (χ4v) is 1.73. The van der Waals surface area contributed by atoms with Crippen molar-refractivity contribution < 1.29 is 15.1 Å². The largest absolute Gasteiger partial charge is 0.389 e. The Labute approximate surface area is 101 Å². The minimum atomic E-state index is -1.13. The van der Waals surface area contributed by atoms with E-state index in [-0.39, 0.29) is 11.0 Å². The lowest BCUT2D eigenvalue weighted by molar-refractivity contribution is -0.385. The van der Waals surface area contributed by atoms with Gasteiger partial charge in [0.1, 0.15) is 6.10 Å². The van der Waals surface area contributed by atoms with Crippen LogP contribution in [0, 0.1) is 17.0 Å². The van der Waals surface area contributed by atoms with Gasteiger partial charge in [0.05, 0.1) is 11.0 Å². The number of benzene rings is 1. The molecule has 88 valence electrons. The van der Waals surface area contributed by atoms with Gasteiger partial charge in [0.15, 0.2) is 0 Å². The number of non-ortho nitro benzene ring substituents is 1. The van der Waals surface area contributed by atoms with Gasteiger partial charge in [0.2, 0.25) is 0 Å². The van der Waals surface area contributed by atoms with E-state index < -0.39 is 17.1 Å². The van der Waals surface area contributed by atoms with Gasteiger partial charge >= 0.3 is 0 Å². The third-order valence-electron chi connectivity index (χ3n) is 2.16. The lowest BCUT2D eigenvalue weighted by atomic mass is 10.0. The maximum absolute atomic E-state index is 10.6. The van der Waals surface area contributed by atoms with E-state index in [1.807, 2.05) is 0 Å². The van der Waals surface area contributed by atoms with Crippen LogP contribution in [0.4, 0.5) is 5.69 Å². The summed E-state index contributed by atoms with van der Waals surface area (Å²) in [6.45, 7) is 1.70. The first-order valence-electron chi connectivity index (χ1n) is 4.63. The van der Waals surface area contributed by atoms with E-state index in [2.05, 4.69) is 15.9 Å². The van der Waals surface area contributed by atoms with E-state index in [4.69, 9.17) is 0 Å². The zero-order valence-corrected chi connectivity index (χ0v) is 10.2. The molecule has 2 N–H and O–H groups in total. The molecule has 0 fully saturated rings. The van der Waals surface area contributed by atoms with Gasteiger partial charge in [-0.05, 0) is 18.1 Å². The van der Waals surface area contributed by atoms with Crippen molar-refractivity contribution in [2.24, 2.45) is 0 Å². The van der Waals surface area contributed by atoms with Gasteiger partial charge in [-0.15, -0.1) is 0 Å². The molecule has 0 amide bonds. The van der Waals surface area contributed by atoms with Crippen molar-refractivity contribution in [2.45, 2.75) is 19.1 Å². The molecule has 2 unspecified atom stereocenters. The highest BCUT2D eigenvalue weighted by molar-refractivity contribution is 9.09. The van der Waals surface area contributed by atoms with Crippen LogP contribution in [-0.2, 0) is 0 Å². The van der Waals surface area contributed by atoms with E-state index in [0.29, 0.717) is 11.1 Å². The number of aliphatic hydroxyl groups excluding tert-OH is 2. The first kappa shape index (κ1) is 13.1. The van der Waals surface area contributed by atoms with Crippen LogP contribution < -0.4 is 0 Å². The van der Waals surface area contributed by atoms with Crippen molar-refractivity contribution in [3.8, 4) is 0 Å². The third kappa shape index (κ3) is 3.01. The van der Waals surface area contributed by atoms with Crippen LogP contribution in [0.25, 0.3) is 0 Å². The Morgan fingerprint density at radius 2 is 2.06 bits per heavy atom. The summed E-state index contributed by atoms with van der Waals surface area (Å²) in [5, 5.41) is 30.0. The summed E-state index contributed by atoms with van der Waals surface area (Å²) in [5.41, 5.74) is 0.930. The predicted octanol–water partition coefficient (Wildman–Crippen LogP) is 1.69. The first-order chi connectivity index (χ1) is 7.45. The summed E-state index contributed by atoms with van der Waals surface area (Å²) < 4.78 is 0. The number of hydrogen-bond acceptors (Lipinski definition) is 4. The molecule has 5 nitrogen and oxygen atoms in total. The highest BCUT2D eigenvalue weighted by atomic mass is 79.9. The van der Waals surface area contributed by atoms with Crippen LogP contribution in [0.2, 0.25) is 0 Å². The molecule has 0 spiro atoms. The average Bonchev–Trinajstić information content (AvgIpc) is 2.26. The molecule has 2 atom stereocenters. The Kier molecular flexibility index (Phi) is 4.40. The van der Waals surface area contributed by atoms with Gasteiger partial charge in [-0.25, -0.2) is 0 Å². The van der Waals surface area contributed by atoms with Crippen LogP contribution in [0.5, 0.6) is 0 Å². The Bertz CT molecular complexity index is 396. The van der Waals surface area contributed by atoms with Crippen LogP contribution in [0.3, 0.4) is 0 Å². The molecular weight excluding hydrogens is 278 g/mol. The number of nitro benzene ring substituents is 1. The highest BCUT2D eigenvalue weighted by Gasteiger charge is 2.20. The number of aliphatic hydroxyl groups is 2. The molecule has 0 saturated heterocycles. The predicted molar refractivity (Wildman–Crippen MR) is 62.6 cm³/mol. The standard InChI is InChI=1S/C10H12BrNO4/c1-6-2-7(10(14)9(13)5-11)4-8(3-6)12(15)16/h2-4,9-10,13-14H,5H2,1H3. The number of aryl methyl sites for hydroxylation is 1. The zero-order valence-electron chi connectivity index (χ0n) is 8.63. The van der Waals surface area contributed by atoms with Crippen molar-refractivity contribution in [3.63, 3.8) is 0 Å². The summed E-state index contributed by atoms with van der Waals surface area (Å²) in [6.07, 6.45) is -2.11. The van der Waals surface area contributed by atoms with E-state index in [1.54, 1.807) is 13.0 Å². The fourth-order valence-electron chi connectivity index (χ4n) is 1.37. The number of nitrogens with zero attached hydrogens (tertiary/aromatic N) is 1. The van der Waals surface area contributed by atoms with Gasteiger partial charge in [-0.3, -0.25) is 10.1 Å².